The molecule has 1 amide bonds. The van der Waals surface area contributed by atoms with Gasteiger partial charge >= 0.3 is 0 Å². The lowest BCUT2D eigenvalue weighted by Crippen LogP contribution is -2.50. The lowest BCUT2D eigenvalue weighted by molar-refractivity contribution is -0.133. The molecule has 3 aromatic carbocycles. The molecular weight excluding hydrogens is 524 g/mol. The topological polar surface area (TPSA) is 95.5 Å². The maximum atomic E-state index is 12.8. The van der Waals surface area contributed by atoms with E-state index in [9.17, 15) is 4.79 Å². The first kappa shape index (κ1) is 27.6. The molecule has 5 rings (SSSR count). The van der Waals surface area contributed by atoms with Gasteiger partial charge < -0.3 is 33.5 Å². The number of nitrogens with zero attached hydrogens (tertiary/aromatic N) is 4. The fourth-order valence-corrected chi connectivity index (χ4v) is 4.53. The molecule has 0 radical (unpaired) electrons. The molecular formula is C31H32N4O6. The average Bonchev–Trinajstić information content (AvgIpc) is 3.04. The minimum Gasteiger partial charge on any atom is -0.493 e. The Morgan fingerprint density at radius 3 is 1.95 bits per heavy atom. The molecule has 212 valence electrons. The third-order valence-electron chi connectivity index (χ3n) is 6.73. The van der Waals surface area contributed by atoms with Crippen molar-refractivity contribution >= 4 is 11.7 Å². The molecule has 0 spiro atoms. The van der Waals surface area contributed by atoms with Crippen molar-refractivity contribution in [2.45, 2.75) is 0 Å². The van der Waals surface area contributed by atoms with Crippen LogP contribution in [-0.4, -0.2) is 75.1 Å². The number of para-hydroxylation sites is 1. The Bertz CT molecular complexity index is 1420. The number of aromatic nitrogens is 2. The van der Waals surface area contributed by atoms with Gasteiger partial charge in [0.1, 0.15) is 17.2 Å². The van der Waals surface area contributed by atoms with Crippen LogP contribution in [0.3, 0.4) is 0 Å². The second-order valence-corrected chi connectivity index (χ2v) is 9.23. The molecule has 1 aliphatic rings. The molecule has 0 N–H and O–H groups in total. The first-order chi connectivity index (χ1) is 20.1. The number of hydrogen-bond donors (Lipinski definition) is 0. The van der Waals surface area contributed by atoms with Crippen molar-refractivity contribution in [3.63, 3.8) is 0 Å². The summed E-state index contributed by atoms with van der Waals surface area (Å²) in [6, 6.07) is 24.3. The zero-order chi connectivity index (χ0) is 28.6. The molecule has 1 saturated heterocycles. The van der Waals surface area contributed by atoms with Gasteiger partial charge in [-0.1, -0.05) is 18.2 Å². The van der Waals surface area contributed by atoms with Crippen molar-refractivity contribution in [3.8, 4) is 45.8 Å². The van der Waals surface area contributed by atoms with Crippen molar-refractivity contribution in [2.24, 2.45) is 0 Å². The summed E-state index contributed by atoms with van der Waals surface area (Å²) in [6.07, 6.45) is 0. The normalized spacial score (nSPS) is 13.0. The van der Waals surface area contributed by atoms with Gasteiger partial charge in [-0.25, -0.2) is 0 Å². The summed E-state index contributed by atoms with van der Waals surface area (Å²) in [6.45, 7) is 2.41. The molecule has 0 atom stereocenters. The van der Waals surface area contributed by atoms with Gasteiger partial charge in [-0.3, -0.25) is 4.79 Å². The minimum atomic E-state index is -0.0573. The monoisotopic (exact) mass is 556 g/mol. The van der Waals surface area contributed by atoms with Crippen LogP contribution in [0.4, 0.5) is 5.82 Å². The predicted molar refractivity (Wildman–Crippen MR) is 154 cm³/mol. The second kappa shape index (κ2) is 12.9. The van der Waals surface area contributed by atoms with Crippen LogP contribution in [0.2, 0.25) is 0 Å². The number of rotatable bonds is 10. The van der Waals surface area contributed by atoms with Crippen molar-refractivity contribution in [1.82, 2.24) is 15.1 Å². The number of amides is 1. The summed E-state index contributed by atoms with van der Waals surface area (Å²) in [7, 11) is 4.72. The van der Waals surface area contributed by atoms with Crippen LogP contribution >= 0.6 is 0 Å². The predicted octanol–water partition coefficient (Wildman–Crippen LogP) is 4.69. The number of hydrogen-bond acceptors (Lipinski definition) is 9. The smallest absolute Gasteiger partial charge is 0.260 e. The molecule has 1 fully saturated rings. The Morgan fingerprint density at radius 1 is 0.732 bits per heavy atom. The van der Waals surface area contributed by atoms with E-state index in [0.717, 1.165) is 17.1 Å². The van der Waals surface area contributed by atoms with E-state index in [0.29, 0.717) is 60.6 Å². The van der Waals surface area contributed by atoms with Crippen LogP contribution in [0.25, 0.3) is 11.3 Å². The summed E-state index contributed by atoms with van der Waals surface area (Å²) in [5, 5.41) is 8.86. The van der Waals surface area contributed by atoms with E-state index >= 15 is 0 Å². The van der Waals surface area contributed by atoms with E-state index in [1.54, 1.807) is 38.4 Å². The van der Waals surface area contributed by atoms with Gasteiger partial charge in [-0.05, 0) is 60.7 Å². The Morgan fingerprint density at radius 2 is 1.37 bits per heavy atom. The Labute approximate surface area is 239 Å². The SMILES string of the molecule is COc1cc(-c2ccc(N3CCN(C(=O)COc4ccc(Oc5ccccc5)cc4)CC3)nn2)cc(OC)c1OC. The van der Waals surface area contributed by atoms with Crippen LogP contribution in [0.15, 0.2) is 78.9 Å². The first-order valence-corrected chi connectivity index (χ1v) is 13.2. The standard InChI is InChI=1S/C31H32N4O6/c1-37-27-19-22(20-28(38-2)31(27)39-3)26-13-14-29(33-32-26)34-15-17-35(18-16-34)30(36)21-40-23-9-11-25(12-10-23)41-24-7-5-4-6-8-24/h4-14,19-20H,15-18,21H2,1-3H3. The van der Waals surface area contributed by atoms with Gasteiger partial charge in [0, 0.05) is 31.7 Å². The molecule has 2 heterocycles. The van der Waals surface area contributed by atoms with E-state index in [-0.39, 0.29) is 12.5 Å². The van der Waals surface area contributed by atoms with Gasteiger partial charge in [-0.15, -0.1) is 10.2 Å². The lowest BCUT2D eigenvalue weighted by atomic mass is 10.1. The van der Waals surface area contributed by atoms with Crippen molar-refractivity contribution < 1.29 is 28.5 Å². The van der Waals surface area contributed by atoms with Crippen LogP contribution in [-0.2, 0) is 4.79 Å². The van der Waals surface area contributed by atoms with Gasteiger partial charge in [0.05, 0.1) is 27.0 Å². The molecule has 1 aromatic heterocycles. The van der Waals surface area contributed by atoms with E-state index in [1.165, 1.54) is 0 Å². The zero-order valence-electron chi connectivity index (χ0n) is 23.3. The highest BCUT2D eigenvalue weighted by Gasteiger charge is 2.23. The van der Waals surface area contributed by atoms with Gasteiger partial charge in [0.15, 0.2) is 23.9 Å². The lowest BCUT2D eigenvalue weighted by Gasteiger charge is -2.35. The number of carbonyl (C=O) groups excluding carboxylic acids is 1. The summed E-state index contributed by atoms with van der Waals surface area (Å²) in [5.74, 6) is 4.38. The van der Waals surface area contributed by atoms with Crippen molar-refractivity contribution in [2.75, 3.05) is 59.0 Å². The summed E-state index contributed by atoms with van der Waals surface area (Å²) < 4.78 is 27.8. The summed E-state index contributed by atoms with van der Waals surface area (Å²) >= 11 is 0. The minimum absolute atomic E-state index is 0.0256. The van der Waals surface area contributed by atoms with Gasteiger partial charge in [0.2, 0.25) is 5.75 Å². The molecule has 0 bridgehead atoms. The molecule has 10 nitrogen and oxygen atoms in total. The van der Waals surface area contributed by atoms with Crippen molar-refractivity contribution in [3.05, 3.63) is 78.9 Å². The van der Waals surface area contributed by atoms with Gasteiger partial charge in [-0.2, -0.15) is 0 Å². The average molecular weight is 557 g/mol. The zero-order valence-corrected chi connectivity index (χ0v) is 23.3. The fraction of sp³-hybridized carbons (Fsp3) is 0.258. The van der Waals surface area contributed by atoms with E-state index in [2.05, 4.69) is 15.1 Å². The Kier molecular flexibility index (Phi) is 8.68. The molecule has 1 aliphatic heterocycles. The molecule has 0 saturated carbocycles. The molecule has 41 heavy (non-hydrogen) atoms. The highest BCUT2D eigenvalue weighted by Crippen LogP contribution is 2.40. The highest BCUT2D eigenvalue weighted by molar-refractivity contribution is 5.78. The Hall–Kier alpha value is -4.99. The second-order valence-electron chi connectivity index (χ2n) is 9.23. The number of benzene rings is 3. The molecule has 4 aromatic rings. The van der Waals surface area contributed by atoms with Crippen LogP contribution in [0, 0.1) is 0 Å². The van der Waals surface area contributed by atoms with E-state index < -0.39 is 0 Å². The summed E-state index contributed by atoms with van der Waals surface area (Å²) in [5.41, 5.74) is 1.48. The maximum Gasteiger partial charge on any atom is 0.260 e. The fourth-order valence-electron chi connectivity index (χ4n) is 4.53. The number of ether oxygens (including phenoxy) is 5. The maximum absolute atomic E-state index is 12.8. The van der Waals surface area contributed by atoms with Crippen LogP contribution < -0.4 is 28.6 Å². The van der Waals surface area contributed by atoms with Crippen LogP contribution in [0.5, 0.6) is 34.5 Å². The number of anilines is 1. The van der Waals surface area contributed by atoms with E-state index in [4.69, 9.17) is 23.7 Å². The van der Waals surface area contributed by atoms with E-state index in [1.807, 2.05) is 66.7 Å². The van der Waals surface area contributed by atoms with Crippen LogP contribution in [0.1, 0.15) is 0 Å². The molecule has 10 heteroatoms. The molecule has 0 unspecified atom stereocenters. The molecule has 0 aliphatic carbocycles. The van der Waals surface area contributed by atoms with Crippen molar-refractivity contribution in [1.29, 1.82) is 0 Å². The highest BCUT2D eigenvalue weighted by atomic mass is 16.5. The van der Waals surface area contributed by atoms with Gasteiger partial charge in [0.25, 0.3) is 5.91 Å². The summed E-state index contributed by atoms with van der Waals surface area (Å²) in [4.78, 5) is 16.7. The third-order valence-corrected chi connectivity index (χ3v) is 6.73. The number of piperazine rings is 1. The number of methoxy groups -OCH3 is 3. The largest absolute Gasteiger partial charge is 0.493 e. The Balaban J connectivity index is 1.12. The first-order valence-electron chi connectivity index (χ1n) is 13.2. The number of carbonyl (C=O) groups is 1. The third kappa shape index (κ3) is 6.60. The quantitative estimate of drug-likeness (QED) is 0.276.